The van der Waals surface area contributed by atoms with Crippen LogP contribution in [0.15, 0.2) is 4.42 Å². The average Bonchev–Trinajstić information content (AvgIpc) is 2.90. The average molecular weight is 369 g/mol. The molecule has 0 bridgehead atoms. The molecule has 0 aliphatic carbocycles. The topological polar surface area (TPSA) is 121 Å². The number of esters is 2. The molecule has 9 heteroatoms. The van der Waals surface area contributed by atoms with Gasteiger partial charge in [0.1, 0.15) is 11.5 Å². The molecule has 0 saturated carbocycles. The van der Waals surface area contributed by atoms with Gasteiger partial charge in [-0.2, -0.15) is 0 Å². The lowest BCUT2D eigenvalue weighted by Crippen LogP contribution is -2.45. The second-order valence-electron chi connectivity index (χ2n) is 7.77. The Labute approximate surface area is 152 Å². The van der Waals surface area contributed by atoms with E-state index in [9.17, 15) is 14.4 Å². The number of amides is 1. The van der Waals surface area contributed by atoms with Crippen LogP contribution in [-0.2, 0) is 25.6 Å². The van der Waals surface area contributed by atoms with Crippen LogP contribution in [0, 0.1) is 11.3 Å². The Morgan fingerprint density at radius 3 is 2.23 bits per heavy atom. The van der Waals surface area contributed by atoms with Crippen LogP contribution in [0.4, 0.5) is 0 Å². The fourth-order valence-corrected chi connectivity index (χ4v) is 2.08. The van der Waals surface area contributed by atoms with E-state index < -0.39 is 34.8 Å². The third-order valence-corrected chi connectivity index (χ3v) is 3.10. The van der Waals surface area contributed by atoms with E-state index in [1.165, 1.54) is 0 Å². The van der Waals surface area contributed by atoms with Gasteiger partial charge in [-0.3, -0.25) is 9.59 Å². The summed E-state index contributed by atoms with van der Waals surface area (Å²) in [6.07, 6.45) is 0. The number of carbonyl (C=O) groups excluding carboxylic acids is 3. The molecule has 1 heterocycles. The summed E-state index contributed by atoms with van der Waals surface area (Å²) >= 11 is 0. The number of nitrogens with zero attached hydrogens (tertiary/aromatic N) is 2. The van der Waals surface area contributed by atoms with Gasteiger partial charge >= 0.3 is 17.8 Å². The molecule has 0 radical (unpaired) electrons. The maximum absolute atomic E-state index is 12.5. The largest absolute Gasteiger partial charge is 0.459 e. The predicted octanol–water partition coefficient (Wildman–Crippen LogP) is 1.87. The normalized spacial score (nSPS) is 13.0. The zero-order valence-electron chi connectivity index (χ0n) is 16.3. The monoisotopic (exact) mass is 369 g/mol. The van der Waals surface area contributed by atoms with Gasteiger partial charge in [-0.05, 0) is 33.1 Å². The number of carbonyl (C=O) groups is 3. The molecule has 0 saturated heterocycles. The molecule has 0 aliphatic heterocycles. The first-order valence-corrected chi connectivity index (χ1v) is 8.35. The van der Waals surface area contributed by atoms with Crippen LogP contribution in [0.5, 0.6) is 0 Å². The van der Waals surface area contributed by atoms with E-state index in [1.807, 2.05) is 0 Å². The van der Waals surface area contributed by atoms with Gasteiger partial charge < -0.3 is 19.2 Å². The van der Waals surface area contributed by atoms with Gasteiger partial charge in [-0.1, -0.05) is 20.8 Å². The number of aromatic nitrogens is 2. The predicted molar refractivity (Wildman–Crippen MR) is 90.9 cm³/mol. The van der Waals surface area contributed by atoms with Crippen LogP contribution in [0.25, 0.3) is 0 Å². The SMILES string of the molecule is CCOC(=O)c1nnc(CNC(=O)[C@@H](C(=O)OC(C)(C)C)C(C)(C)C)o1. The Morgan fingerprint density at radius 1 is 1.12 bits per heavy atom. The van der Waals surface area contributed by atoms with Gasteiger partial charge in [0, 0.05) is 0 Å². The smallest absolute Gasteiger partial charge is 0.396 e. The van der Waals surface area contributed by atoms with Crippen LogP contribution < -0.4 is 5.32 Å². The fraction of sp³-hybridized carbons (Fsp3) is 0.706. The van der Waals surface area contributed by atoms with Crippen molar-refractivity contribution in [3.8, 4) is 0 Å². The van der Waals surface area contributed by atoms with Crippen molar-refractivity contribution in [1.29, 1.82) is 0 Å². The lowest BCUT2D eigenvalue weighted by Gasteiger charge is -2.30. The zero-order chi connectivity index (χ0) is 20.1. The molecule has 1 amide bonds. The van der Waals surface area contributed by atoms with E-state index in [1.54, 1.807) is 48.5 Å². The van der Waals surface area contributed by atoms with Crippen LogP contribution in [-0.4, -0.2) is 40.3 Å². The van der Waals surface area contributed by atoms with Crippen molar-refractivity contribution < 1.29 is 28.3 Å². The highest BCUT2D eigenvalue weighted by Gasteiger charge is 2.40. The summed E-state index contributed by atoms with van der Waals surface area (Å²) in [5, 5.41) is 9.79. The van der Waals surface area contributed by atoms with Crippen LogP contribution in [0.2, 0.25) is 0 Å². The summed E-state index contributed by atoms with van der Waals surface area (Å²) in [6.45, 7) is 12.2. The third-order valence-electron chi connectivity index (χ3n) is 3.10. The Morgan fingerprint density at radius 2 is 1.73 bits per heavy atom. The summed E-state index contributed by atoms with van der Waals surface area (Å²) in [5.41, 5.74) is -1.36. The maximum atomic E-state index is 12.5. The van der Waals surface area contributed by atoms with E-state index in [-0.39, 0.29) is 24.9 Å². The van der Waals surface area contributed by atoms with Gasteiger partial charge in [-0.15, -0.1) is 10.2 Å². The van der Waals surface area contributed by atoms with Crippen molar-refractivity contribution in [2.24, 2.45) is 11.3 Å². The molecule has 1 atom stereocenters. The quantitative estimate of drug-likeness (QED) is 0.596. The molecular formula is C17H27N3O6. The molecule has 146 valence electrons. The lowest BCUT2D eigenvalue weighted by atomic mass is 9.80. The van der Waals surface area contributed by atoms with Crippen LogP contribution in [0.1, 0.15) is 65.0 Å². The maximum Gasteiger partial charge on any atom is 0.396 e. The van der Waals surface area contributed by atoms with Gasteiger partial charge in [-0.25, -0.2) is 4.79 Å². The highest BCUT2D eigenvalue weighted by atomic mass is 16.6. The van der Waals surface area contributed by atoms with Crippen molar-refractivity contribution in [2.45, 2.75) is 60.6 Å². The van der Waals surface area contributed by atoms with Crippen molar-refractivity contribution in [2.75, 3.05) is 6.61 Å². The molecule has 0 spiro atoms. The molecule has 26 heavy (non-hydrogen) atoms. The number of rotatable bonds is 6. The number of hydrogen-bond acceptors (Lipinski definition) is 8. The highest BCUT2D eigenvalue weighted by molar-refractivity contribution is 5.98. The summed E-state index contributed by atoms with van der Waals surface area (Å²) in [6, 6.07) is 0. The van der Waals surface area contributed by atoms with Crippen molar-refractivity contribution in [1.82, 2.24) is 15.5 Å². The van der Waals surface area contributed by atoms with E-state index >= 15 is 0 Å². The first-order valence-electron chi connectivity index (χ1n) is 8.35. The second kappa shape index (κ2) is 8.29. The van der Waals surface area contributed by atoms with E-state index in [0.717, 1.165) is 0 Å². The van der Waals surface area contributed by atoms with Gasteiger partial charge in [0.2, 0.25) is 11.8 Å². The van der Waals surface area contributed by atoms with E-state index in [2.05, 4.69) is 15.5 Å². The first kappa shape index (κ1) is 21.6. The minimum Gasteiger partial charge on any atom is -0.459 e. The minimum atomic E-state index is -1.02. The third kappa shape index (κ3) is 6.45. The number of nitrogens with one attached hydrogen (secondary N) is 1. The zero-order valence-corrected chi connectivity index (χ0v) is 16.3. The summed E-state index contributed by atoms with van der Waals surface area (Å²) in [7, 11) is 0. The van der Waals surface area contributed by atoms with Crippen LogP contribution in [0.3, 0.4) is 0 Å². The molecule has 1 aromatic rings. The lowest BCUT2D eigenvalue weighted by molar-refractivity contribution is -0.166. The molecule has 0 unspecified atom stereocenters. The highest BCUT2D eigenvalue weighted by Crippen LogP contribution is 2.29. The Kier molecular flexibility index (Phi) is 6.88. The molecular weight excluding hydrogens is 342 g/mol. The van der Waals surface area contributed by atoms with Crippen molar-refractivity contribution in [3.63, 3.8) is 0 Å². The van der Waals surface area contributed by atoms with Crippen molar-refractivity contribution >= 4 is 17.8 Å². The molecule has 0 aliphatic rings. The molecule has 0 aromatic carbocycles. The molecule has 0 fully saturated rings. The van der Waals surface area contributed by atoms with Gasteiger partial charge in [0.15, 0.2) is 0 Å². The molecule has 1 rings (SSSR count). The number of hydrogen-bond donors (Lipinski definition) is 1. The Hall–Kier alpha value is -2.45. The first-order chi connectivity index (χ1) is 11.8. The fourth-order valence-electron chi connectivity index (χ4n) is 2.08. The Balaban J connectivity index is 2.79. The van der Waals surface area contributed by atoms with Crippen LogP contribution >= 0.6 is 0 Å². The standard InChI is InChI=1S/C17H27N3O6/c1-8-24-15(23)13-20-19-10(25-13)9-18-12(21)11(16(2,3)4)14(22)26-17(5,6)7/h11H,8-9H2,1-7H3,(H,18,21)/t11-/m0/s1. The van der Waals surface area contributed by atoms with E-state index in [0.29, 0.717) is 0 Å². The van der Waals surface area contributed by atoms with Gasteiger partial charge in [0.25, 0.3) is 0 Å². The van der Waals surface area contributed by atoms with E-state index in [4.69, 9.17) is 13.9 Å². The van der Waals surface area contributed by atoms with Crippen molar-refractivity contribution in [3.05, 3.63) is 11.8 Å². The Bertz CT molecular complexity index is 654. The molecule has 1 aromatic heterocycles. The minimum absolute atomic E-state index is 0.0262. The summed E-state index contributed by atoms with van der Waals surface area (Å²) < 4.78 is 15.2. The molecule has 9 nitrogen and oxygen atoms in total. The van der Waals surface area contributed by atoms with Gasteiger partial charge in [0.05, 0.1) is 13.2 Å². The molecule has 1 N–H and O–H groups in total. The second-order valence-corrected chi connectivity index (χ2v) is 7.77. The number of ether oxygens (including phenoxy) is 2. The summed E-state index contributed by atoms with van der Waals surface area (Å²) in [5.74, 6) is -3.16. The summed E-state index contributed by atoms with van der Waals surface area (Å²) in [4.78, 5) is 36.5.